The van der Waals surface area contributed by atoms with Crippen LogP contribution in [0.2, 0.25) is 0 Å². The third-order valence-corrected chi connectivity index (χ3v) is 2.85. The van der Waals surface area contributed by atoms with Crippen LogP contribution in [0.25, 0.3) is 0 Å². The fraction of sp³-hybridized carbons (Fsp3) is 0.263. The first-order valence-corrected chi connectivity index (χ1v) is 8.09. The van der Waals surface area contributed by atoms with E-state index in [0.29, 0.717) is 16.8 Å². The maximum atomic E-state index is 12.0. The molecular formula is C19H27N3O2. The molecule has 2 amide bonds. The highest BCUT2D eigenvalue weighted by atomic mass is 16.2. The molecule has 0 fully saturated rings. The summed E-state index contributed by atoms with van der Waals surface area (Å²) in [6.45, 7) is 9.96. The van der Waals surface area contributed by atoms with Gasteiger partial charge in [0.2, 0.25) is 0 Å². The summed E-state index contributed by atoms with van der Waals surface area (Å²) in [6.07, 6.45) is 0. The minimum Gasteiger partial charge on any atom is -0.322 e. The molecule has 24 heavy (non-hydrogen) atoms. The molecule has 2 rings (SSSR count). The molecule has 0 atom stereocenters. The quantitative estimate of drug-likeness (QED) is 0.453. The van der Waals surface area contributed by atoms with Gasteiger partial charge in [0.1, 0.15) is 0 Å². The van der Waals surface area contributed by atoms with E-state index in [1.165, 1.54) is 0 Å². The Balaban J connectivity index is 0.00000123. The van der Waals surface area contributed by atoms with Crippen LogP contribution >= 0.6 is 0 Å². The largest absolute Gasteiger partial charge is 0.322 e. The van der Waals surface area contributed by atoms with E-state index < -0.39 is 0 Å². The van der Waals surface area contributed by atoms with Gasteiger partial charge >= 0.3 is 0 Å². The number of nitrogens with two attached hydrogens (primary N) is 1. The lowest BCUT2D eigenvalue weighted by Gasteiger charge is -2.06. The first kappa shape index (κ1) is 21.3. The normalized spacial score (nSPS) is 8.75. The number of carbonyl (C=O) groups is 2. The molecular weight excluding hydrogens is 302 g/mol. The number of amides is 2. The van der Waals surface area contributed by atoms with Gasteiger partial charge in [0.25, 0.3) is 11.8 Å². The van der Waals surface area contributed by atoms with Crippen molar-refractivity contribution in [3.05, 3.63) is 65.2 Å². The molecule has 0 aliphatic rings. The molecule has 0 bridgehead atoms. The van der Waals surface area contributed by atoms with Crippen molar-refractivity contribution >= 4 is 17.5 Å². The van der Waals surface area contributed by atoms with Gasteiger partial charge in [-0.2, -0.15) is 0 Å². The smallest absolute Gasteiger partial charge is 0.265 e. The minimum absolute atomic E-state index is 0.193. The minimum atomic E-state index is -0.374. The second kappa shape index (κ2) is 11.8. The molecule has 0 spiro atoms. The van der Waals surface area contributed by atoms with Crippen LogP contribution in [-0.4, -0.2) is 11.8 Å². The number of carbonyl (C=O) groups excluding carboxylic acids is 2. The number of nitrogen functional groups attached to an aromatic ring is 1. The van der Waals surface area contributed by atoms with E-state index in [0.717, 1.165) is 5.56 Å². The zero-order chi connectivity index (χ0) is 18.5. The number of hydrogen-bond donors (Lipinski definition) is 3. The van der Waals surface area contributed by atoms with E-state index in [4.69, 9.17) is 5.84 Å². The predicted molar refractivity (Wildman–Crippen MR) is 99.9 cm³/mol. The van der Waals surface area contributed by atoms with E-state index in [9.17, 15) is 9.59 Å². The first-order valence-electron chi connectivity index (χ1n) is 8.09. The van der Waals surface area contributed by atoms with Gasteiger partial charge in [-0.1, -0.05) is 45.4 Å². The van der Waals surface area contributed by atoms with Gasteiger partial charge < -0.3 is 5.32 Å². The summed E-state index contributed by atoms with van der Waals surface area (Å²) in [5.74, 6) is 4.47. The summed E-state index contributed by atoms with van der Waals surface area (Å²) < 4.78 is 0. The molecule has 0 aliphatic carbocycles. The number of aryl methyl sites for hydroxylation is 1. The molecule has 0 unspecified atom stereocenters. The van der Waals surface area contributed by atoms with Gasteiger partial charge in [-0.25, -0.2) is 5.84 Å². The van der Waals surface area contributed by atoms with Crippen molar-refractivity contribution < 1.29 is 9.59 Å². The van der Waals surface area contributed by atoms with Crippen LogP contribution in [0.4, 0.5) is 5.69 Å². The Morgan fingerprint density at radius 3 is 1.62 bits per heavy atom. The SMILES string of the molecule is CC.CC.Cc1ccc(C(=O)Nc2ccc(C(=O)NN)cc2)cc1. The lowest BCUT2D eigenvalue weighted by molar-refractivity contribution is 0.0953. The topological polar surface area (TPSA) is 84.2 Å². The maximum absolute atomic E-state index is 12.0. The highest BCUT2D eigenvalue weighted by Crippen LogP contribution is 2.12. The zero-order valence-electron chi connectivity index (χ0n) is 15.0. The van der Waals surface area contributed by atoms with Crippen LogP contribution in [0.3, 0.4) is 0 Å². The molecule has 5 heteroatoms. The van der Waals surface area contributed by atoms with E-state index in [1.807, 2.05) is 52.2 Å². The van der Waals surface area contributed by atoms with E-state index in [-0.39, 0.29) is 11.8 Å². The van der Waals surface area contributed by atoms with Crippen molar-refractivity contribution in [2.45, 2.75) is 34.6 Å². The number of benzene rings is 2. The summed E-state index contributed by atoms with van der Waals surface area (Å²) in [4.78, 5) is 23.3. The lowest BCUT2D eigenvalue weighted by atomic mass is 10.1. The average Bonchev–Trinajstić information content (AvgIpc) is 2.65. The monoisotopic (exact) mass is 329 g/mol. The highest BCUT2D eigenvalue weighted by Gasteiger charge is 2.07. The van der Waals surface area contributed by atoms with Crippen molar-refractivity contribution in [1.82, 2.24) is 5.43 Å². The van der Waals surface area contributed by atoms with E-state index in [2.05, 4.69) is 5.32 Å². The Labute approximate surface area is 144 Å². The Morgan fingerprint density at radius 1 is 0.750 bits per heavy atom. The summed E-state index contributed by atoms with van der Waals surface area (Å²) in [6, 6.07) is 13.8. The number of hydrogen-bond acceptors (Lipinski definition) is 3. The summed E-state index contributed by atoms with van der Waals surface area (Å²) in [7, 11) is 0. The van der Waals surface area contributed by atoms with E-state index >= 15 is 0 Å². The third kappa shape index (κ3) is 6.62. The van der Waals surface area contributed by atoms with Crippen molar-refractivity contribution in [3.63, 3.8) is 0 Å². The van der Waals surface area contributed by atoms with Gasteiger partial charge in [-0.3, -0.25) is 15.0 Å². The number of rotatable bonds is 3. The molecule has 2 aromatic carbocycles. The summed E-state index contributed by atoms with van der Waals surface area (Å²) >= 11 is 0. The van der Waals surface area contributed by atoms with Crippen molar-refractivity contribution in [3.8, 4) is 0 Å². The van der Waals surface area contributed by atoms with Crippen LogP contribution in [0.5, 0.6) is 0 Å². The first-order chi connectivity index (χ1) is 11.6. The number of anilines is 1. The molecule has 0 heterocycles. The standard InChI is InChI=1S/C15H15N3O2.2C2H6/c1-10-2-4-11(5-3-10)14(19)17-13-8-6-12(7-9-13)15(20)18-16;2*1-2/h2-9H,16H2,1H3,(H,17,19)(H,18,20);2*1-2H3. The van der Waals surface area contributed by atoms with Crippen LogP contribution in [0, 0.1) is 6.92 Å². The molecule has 130 valence electrons. The van der Waals surface area contributed by atoms with Gasteiger partial charge in [-0.05, 0) is 43.3 Å². The van der Waals surface area contributed by atoms with Gasteiger partial charge in [-0.15, -0.1) is 0 Å². The van der Waals surface area contributed by atoms with Gasteiger partial charge in [0, 0.05) is 16.8 Å². The fourth-order valence-corrected chi connectivity index (χ4v) is 1.70. The molecule has 0 aromatic heterocycles. The molecule has 0 aliphatic heterocycles. The van der Waals surface area contributed by atoms with Crippen LogP contribution in [0.1, 0.15) is 54.0 Å². The number of hydrazine groups is 1. The average molecular weight is 329 g/mol. The third-order valence-electron chi connectivity index (χ3n) is 2.85. The van der Waals surface area contributed by atoms with Crippen LogP contribution in [-0.2, 0) is 0 Å². The van der Waals surface area contributed by atoms with Gasteiger partial charge in [0.15, 0.2) is 0 Å². The fourth-order valence-electron chi connectivity index (χ4n) is 1.70. The Morgan fingerprint density at radius 2 is 1.17 bits per heavy atom. The second-order valence-corrected chi connectivity index (χ2v) is 4.37. The van der Waals surface area contributed by atoms with Crippen molar-refractivity contribution in [2.75, 3.05) is 5.32 Å². The molecule has 4 N–H and O–H groups in total. The Bertz CT molecular complexity index is 620. The Hall–Kier alpha value is -2.66. The molecule has 0 saturated carbocycles. The Kier molecular flexibility index (Phi) is 10.5. The van der Waals surface area contributed by atoms with E-state index in [1.54, 1.807) is 36.4 Å². The molecule has 2 aromatic rings. The highest BCUT2D eigenvalue weighted by molar-refractivity contribution is 6.04. The van der Waals surface area contributed by atoms with Crippen molar-refractivity contribution in [1.29, 1.82) is 0 Å². The molecule has 5 nitrogen and oxygen atoms in total. The van der Waals surface area contributed by atoms with Crippen LogP contribution < -0.4 is 16.6 Å². The second-order valence-electron chi connectivity index (χ2n) is 4.37. The van der Waals surface area contributed by atoms with Crippen LogP contribution in [0.15, 0.2) is 48.5 Å². The van der Waals surface area contributed by atoms with Crippen molar-refractivity contribution in [2.24, 2.45) is 5.84 Å². The maximum Gasteiger partial charge on any atom is 0.265 e. The summed E-state index contributed by atoms with van der Waals surface area (Å²) in [5.41, 5.74) is 4.77. The zero-order valence-corrected chi connectivity index (χ0v) is 15.0. The van der Waals surface area contributed by atoms with Gasteiger partial charge in [0.05, 0.1) is 0 Å². The molecule has 0 saturated heterocycles. The molecule has 0 radical (unpaired) electrons. The lowest BCUT2D eigenvalue weighted by Crippen LogP contribution is -2.29. The predicted octanol–water partition coefficient (Wildman–Crippen LogP) is 3.90. The number of nitrogens with one attached hydrogen (secondary N) is 2. The summed E-state index contributed by atoms with van der Waals surface area (Å²) in [5, 5.41) is 2.76.